The van der Waals surface area contributed by atoms with Gasteiger partial charge in [0, 0.05) is 6.42 Å². The number of rotatable bonds is 4. The molecule has 0 bridgehead atoms. The van der Waals surface area contributed by atoms with Gasteiger partial charge in [0.2, 0.25) is 0 Å². The maximum absolute atomic E-state index is 12.3. The molecule has 60 valence electrons. The first-order valence-corrected chi connectivity index (χ1v) is 3.46. The maximum Gasteiger partial charge on any atom is 0.320 e. The van der Waals surface area contributed by atoms with Gasteiger partial charge in [0.05, 0.1) is 0 Å². The minimum atomic E-state index is -3.32. The third-order valence-corrected chi connectivity index (χ3v) is 1.41. The average Bonchev–Trinajstić information content (AvgIpc) is 1.84. The molecule has 1 nitrogen and oxygen atoms in total. The molecule has 4 heteroatoms. The van der Waals surface area contributed by atoms with Gasteiger partial charge in [-0.05, 0) is 18.0 Å². The van der Waals surface area contributed by atoms with E-state index in [0.717, 1.165) is 0 Å². The fraction of sp³-hybridized carbons (Fsp3) is 0.833. The molecule has 0 rings (SSSR count). The first-order valence-electron chi connectivity index (χ1n) is 3.08. The van der Waals surface area contributed by atoms with Crippen LogP contribution >= 0.6 is 11.6 Å². The number of carbonyl (C=O) groups is 1. The molecule has 0 heterocycles. The molecule has 10 heavy (non-hydrogen) atoms. The van der Waals surface area contributed by atoms with Crippen LogP contribution in [0.15, 0.2) is 0 Å². The van der Waals surface area contributed by atoms with Crippen molar-refractivity contribution in [3.05, 3.63) is 0 Å². The summed E-state index contributed by atoms with van der Waals surface area (Å²) in [6.07, 6.45) is 0.525. The van der Waals surface area contributed by atoms with Crippen LogP contribution in [-0.2, 0) is 4.79 Å². The van der Waals surface area contributed by atoms with E-state index >= 15 is 0 Å². The van der Waals surface area contributed by atoms with Crippen LogP contribution in [0.1, 0.15) is 26.2 Å². The van der Waals surface area contributed by atoms with Crippen LogP contribution in [-0.4, -0.2) is 11.2 Å². The molecule has 0 aliphatic rings. The highest BCUT2D eigenvalue weighted by atomic mass is 35.5. The smallest absolute Gasteiger partial charge is 0.274 e. The minimum Gasteiger partial charge on any atom is -0.274 e. The van der Waals surface area contributed by atoms with Gasteiger partial charge in [-0.2, -0.15) is 8.78 Å². The summed E-state index contributed by atoms with van der Waals surface area (Å²) < 4.78 is 24.5. The summed E-state index contributed by atoms with van der Waals surface area (Å²) in [5.74, 6) is -3.32. The Kier molecular flexibility index (Phi) is 3.79. The van der Waals surface area contributed by atoms with Gasteiger partial charge in [0.1, 0.15) is 0 Å². The third kappa shape index (κ3) is 3.11. The molecule has 0 N–H and O–H groups in total. The zero-order chi connectivity index (χ0) is 8.20. The fourth-order valence-corrected chi connectivity index (χ4v) is 0.592. The van der Waals surface area contributed by atoms with E-state index in [-0.39, 0.29) is 0 Å². The zero-order valence-corrected chi connectivity index (χ0v) is 6.42. The highest BCUT2D eigenvalue weighted by Crippen LogP contribution is 2.23. The van der Waals surface area contributed by atoms with Gasteiger partial charge in [-0.1, -0.05) is 13.3 Å². The number of hydrogen-bond donors (Lipinski definition) is 0. The number of unbranched alkanes of at least 4 members (excludes halogenated alkanes) is 1. The third-order valence-electron chi connectivity index (χ3n) is 1.13. The number of alkyl halides is 2. The molecule has 0 aromatic heterocycles. The standard InChI is InChI=1S/C6H9ClF2O/c1-2-3-4-6(8,9)5(7)10/h2-4H2,1H3. The zero-order valence-electron chi connectivity index (χ0n) is 5.66. The van der Waals surface area contributed by atoms with Crippen molar-refractivity contribution in [3.8, 4) is 0 Å². The molecular weight excluding hydrogens is 162 g/mol. The average molecular weight is 171 g/mol. The van der Waals surface area contributed by atoms with E-state index in [2.05, 4.69) is 11.6 Å². The van der Waals surface area contributed by atoms with Crippen LogP contribution in [0.4, 0.5) is 8.78 Å². The minimum absolute atomic E-state index is 0.325. The van der Waals surface area contributed by atoms with Crippen LogP contribution in [0.3, 0.4) is 0 Å². The second-order valence-electron chi connectivity index (χ2n) is 2.08. The van der Waals surface area contributed by atoms with Crippen LogP contribution in [0.5, 0.6) is 0 Å². The summed E-state index contributed by atoms with van der Waals surface area (Å²) in [4.78, 5) is 9.99. The molecule has 0 aliphatic carbocycles. The van der Waals surface area contributed by atoms with Crippen molar-refractivity contribution in [2.24, 2.45) is 0 Å². The quantitative estimate of drug-likeness (QED) is 0.593. The molecule has 0 fully saturated rings. The summed E-state index contributed by atoms with van der Waals surface area (Å²) in [6.45, 7) is 1.77. The lowest BCUT2D eigenvalue weighted by Crippen LogP contribution is -2.23. The van der Waals surface area contributed by atoms with Gasteiger partial charge < -0.3 is 0 Å². The van der Waals surface area contributed by atoms with E-state index in [1.165, 1.54) is 0 Å². The Morgan fingerprint density at radius 3 is 2.40 bits per heavy atom. The first-order chi connectivity index (χ1) is 4.50. The monoisotopic (exact) mass is 170 g/mol. The van der Waals surface area contributed by atoms with Gasteiger partial charge >= 0.3 is 5.92 Å². The first kappa shape index (κ1) is 9.82. The molecule has 0 amide bonds. The van der Waals surface area contributed by atoms with E-state index < -0.39 is 17.6 Å². The highest BCUT2D eigenvalue weighted by Gasteiger charge is 2.35. The second kappa shape index (κ2) is 3.86. The van der Waals surface area contributed by atoms with Gasteiger partial charge in [-0.15, -0.1) is 0 Å². The summed E-state index contributed by atoms with van der Waals surface area (Å²) in [7, 11) is 0. The predicted molar refractivity (Wildman–Crippen MR) is 35.3 cm³/mol. The van der Waals surface area contributed by atoms with Gasteiger partial charge in [-0.3, -0.25) is 4.79 Å². The largest absolute Gasteiger partial charge is 0.320 e. The fourth-order valence-electron chi connectivity index (χ4n) is 0.497. The van der Waals surface area contributed by atoms with E-state index in [9.17, 15) is 13.6 Å². The van der Waals surface area contributed by atoms with E-state index in [1.807, 2.05) is 0 Å². The summed E-state index contributed by atoms with van der Waals surface area (Å²) in [5, 5.41) is -1.55. The Balaban J connectivity index is 3.75. The molecule has 0 unspecified atom stereocenters. The molecule has 0 aliphatic heterocycles. The number of hydrogen-bond acceptors (Lipinski definition) is 1. The Labute approximate surface area is 63.4 Å². The highest BCUT2D eigenvalue weighted by molar-refractivity contribution is 6.65. The Morgan fingerprint density at radius 1 is 1.60 bits per heavy atom. The molecule has 0 aromatic carbocycles. The SMILES string of the molecule is CCCCC(F)(F)C(=O)Cl. The van der Waals surface area contributed by atoms with Crippen LogP contribution in [0.2, 0.25) is 0 Å². The van der Waals surface area contributed by atoms with Crippen LogP contribution in [0.25, 0.3) is 0 Å². The van der Waals surface area contributed by atoms with Crippen molar-refractivity contribution in [2.75, 3.05) is 0 Å². The summed E-state index contributed by atoms with van der Waals surface area (Å²) in [5.41, 5.74) is 0. The van der Waals surface area contributed by atoms with E-state index in [0.29, 0.717) is 12.8 Å². The van der Waals surface area contributed by atoms with Crippen molar-refractivity contribution in [2.45, 2.75) is 32.1 Å². The van der Waals surface area contributed by atoms with Crippen molar-refractivity contribution in [1.29, 1.82) is 0 Å². The van der Waals surface area contributed by atoms with Crippen molar-refractivity contribution in [3.63, 3.8) is 0 Å². The topological polar surface area (TPSA) is 17.1 Å². The Hall–Kier alpha value is -0.180. The van der Waals surface area contributed by atoms with Gasteiger partial charge in [-0.25, -0.2) is 0 Å². The Bertz CT molecular complexity index is 125. The normalized spacial score (nSPS) is 11.6. The van der Waals surface area contributed by atoms with Crippen molar-refractivity contribution in [1.82, 2.24) is 0 Å². The van der Waals surface area contributed by atoms with E-state index in [4.69, 9.17) is 0 Å². The van der Waals surface area contributed by atoms with E-state index in [1.54, 1.807) is 6.92 Å². The molecule has 0 saturated heterocycles. The lowest BCUT2D eigenvalue weighted by atomic mass is 10.2. The number of halogens is 3. The van der Waals surface area contributed by atoms with Gasteiger partial charge in [0.15, 0.2) is 0 Å². The lowest BCUT2D eigenvalue weighted by Gasteiger charge is -2.08. The number of carbonyl (C=O) groups excluding carboxylic acids is 1. The van der Waals surface area contributed by atoms with Crippen LogP contribution in [0, 0.1) is 0 Å². The summed E-state index contributed by atoms with van der Waals surface area (Å²) in [6, 6.07) is 0. The summed E-state index contributed by atoms with van der Waals surface area (Å²) >= 11 is 4.62. The van der Waals surface area contributed by atoms with Crippen molar-refractivity contribution >= 4 is 16.8 Å². The molecule has 0 spiro atoms. The molecular formula is C6H9ClF2O. The van der Waals surface area contributed by atoms with Gasteiger partial charge in [0.25, 0.3) is 5.24 Å². The molecule has 0 saturated carbocycles. The molecule has 0 radical (unpaired) electrons. The molecule has 0 aromatic rings. The second-order valence-corrected chi connectivity index (χ2v) is 2.42. The Morgan fingerprint density at radius 2 is 2.10 bits per heavy atom. The van der Waals surface area contributed by atoms with Crippen LogP contribution < -0.4 is 0 Å². The predicted octanol–water partition coefficient (Wildman–Crippen LogP) is 2.58. The maximum atomic E-state index is 12.3. The van der Waals surface area contributed by atoms with Crippen molar-refractivity contribution < 1.29 is 13.6 Å². The molecule has 0 atom stereocenters. The lowest BCUT2D eigenvalue weighted by molar-refractivity contribution is -0.134.